The van der Waals surface area contributed by atoms with Crippen molar-refractivity contribution in [2.45, 2.75) is 6.92 Å². The lowest BCUT2D eigenvalue weighted by atomic mass is 10.2. The second-order valence-corrected chi connectivity index (χ2v) is 7.83. The van der Waals surface area contributed by atoms with Crippen LogP contribution in [0.5, 0.6) is 0 Å². The van der Waals surface area contributed by atoms with Crippen molar-refractivity contribution in [3.63, 3.8) is 0 Å². The van der Waals surface area contributed by atoms with Crippen LogP contribution in [-0.4, -0.2) is 16.2 Å². The number of hydrogen-bond acceptors (Lipinski definition) is 5. The van der Waals surface area contributed by atoms with Crippen molar-refractivity contribution in [3.8, 4) is 22.2 Å². The number of rotatable bonds is 4. The minimum Gasteiger partial charge on any atom is -0.333 e. The van der Waals surface area contributed by atoms with E-state index in [2.05, 4.69) is 36.7 Å². The van der Waals surface area contributed by atoms with Crippen molar-refractivity contribution in [2.75, 3.05) is 10.6 Å². The van der Waals surface area contributed by atoms with Gasteiger partial charge in [-0.2, -0.15) is 4.98 Å². The first-order valence-corrected chi connectivity index (χ1v) is 10.1. The first kappa shape index (κ1) is 18.4. The molecule has 4 rings (SSSR count). The third-order valence-corrected chi connectivity index (χ3v) is 5.70. The molecule has 0 aliphatic carbocycles. The third-order valence-electron chi connectivity index (χ3n) is 3.95. The SMILES string of the molecule is Cc1cc(NC(=O)Nc2cccc(-c3noc(-c4cccs4)n3)c2)ccc1Br. The summed E-state index contributed by atoms with van der Waals surface area (Å²) in [6.45, 7) is 1.96. The zero-order valence-electron chi connectivity index (χ0n) is 14.8. The summed E-state index contributed by atoms with van der Waals surface area (Å²) in [6, 6.07) is 16.4. The number of benzene rings is 2. The fourth-order valence-corrected chi connectivity index (χ4v) is 3.48. The summed E-state index contributed by atoms with van der Waals surface area (Å²) >= 11 is 4.98. The van der Waals surface area contributed by atoms with Crippen molar-refractivity contribution in [3.05, 3.63) is 70.0 Å². The fourth-order valence-electron chi connectivity index (χ4n) is 2.59. The lowest BCUT2D eigenvalue weighted by Crippen LogP contribution is -2.19. The molecule has 0 bridgehead atoms. The molecule has 28 heavy (non-hydrogen) atoms. The number of halogens is 1. The zero-order chi connectivity index (χ0) is 19.5. The number of carbonyl (C=O) groups excluding carboxylic acids is 1. The van der Waals surface area contributed by atoms with E-state index in [0.29, 0.717) is 23.1 Å². The monoisotopic (exact) mass is 454 g/mol. The molecule has 2 aromatic carbocycles. The van der Waals surface area contributed by atoms with Crippen LogP contribution in [0.25, 0.3) is 22.2 Å². The molecule has 8 heteroatoms. The molecule has 0 aliphatic heterocycles. The van der Waals surface area contributed by atoms with E-state index < -0.39 is 0 Å². The van der Waals surface area contributed by atoms with Gasteiger partial charge in [0.2, 0.25) is 5.82 Å². The van der Waals surface area contributed by atoms with Gasteiger partial charge in [0.05, 0.1) is 4.88 Å². The Labute approximate surface area is 173 Å². The van der Waals surface area contributed by atoms with Gasteiger partial charge in [-0.3, -0.25) is 0 Å². The molecule has 2 heterocycles. The summed E-state index contributed by atoms with van der Waals surface area (Å²) in [4.78, 5) is 17.6. The smallest absolute Gasteiger partial charge is 0.323 e. The predicted octanol–water partition coefficient (Wildman–Crippen LogP) is 6.18. The normalized spacial score (nSPS) is 10.6. The van der Waals surface area contributed by atoms with Gasteiger partial charge in [-0.1, -0.05) is 39.3 Å². The number of aryl methyl sites for hydroxylation is 1. The minimum absolute atomic E-state index is 0.328. The first-order valence-electron chi connectivity index (χ1n) is 8.41. The summed E-state index contributed by atoms with van der Waals surface area (Å²) in [5, 5.41) is 11.6. The van der Waals surface area contributed by atoms with Gasteiger partial charge in [0, 0.05) is 21.4 Å². The van der Waals surface area contributed by atoms with E-state index >= 15 is 0 Å². The predicted molar refractivity (Wildman–Crippen MR) is 115 cm³/mol. The zero-order valence-corrected chi connectivity index (χ0v) is 17.2. The maximum atomic E-state index is 12.3. The molecule has 0 saturated heterocycles. The van der Waals surface area contributed by atoms with E-state index in [0.717, 1.165) is 20.5 Å². The Kier molecular flexibility index (Phi) is 5.23. The topological polar surface area (TPSA) is 80.0 Å². The van der Waals surface area contributed by atoms with E-state index in [1.54, 1.807) is 12.1 Å². The number of anilines is 2. The summed E-state index contributed by atoms with van der Waals surface area (Å²) in [5.41, 5.74) is 3.14. The van der Waals surface area contributed by atoms with Crippen LogP contribution >= 0.6 is 27.3 Å². The number of nitrogens with zero attached hydrogens (tertiary/aromatic N) is 2. The fraction of sp³-hybridized carbons (Fsp3) is 0.0500. The van der Waals surface area contributed by atoms with Crippen LogP contribution < -0.4 is 10.6 Å². The Morgan fingerprint density at radius 1 is 1.07 bits per heavy atom. The van der Waals surface area contributed by atoms with Crippen molar-refractivity contribution >= 4 is 44.7 Å². The molecule has 2 amide bonds. The summed E-state index contributed by atoms with van der Waals surface area (Å²) in [5.74, 6) is 0.947. The number of urea groups is 1. The Bertz CT molecular complexity index is 1120. The van der Waals surface area contributed by atoms with E-state index in [4.69, 9.17) is 4.52 Å². The first-order chi connectivity index (χ1) is 13.6. The number of hydrogen-bond donors (Lipinski definition) is 2. The molecule has 6 nitrogen and oxygen atoms in total. The quantitative estimate of drug-likeness (QED) is 0.385. The summed E-state index contributed by atoms with van der Waals surface area (Å²) in [6.07, 6.45) is 0. The Balaban J connectivity index is 1.48. The van der Waals surface area contributed by atoms with Crippen molar-refractivity contribution in [1.82, 2.24) is 10.1 Å². The Morgan fingerprint density at radius 3 is 2.64 bits per heavy atom. The average Bonchev–Trinajstić information content (AvgIpc) is 3.36. The number of carbonyl (C=O) groups is 1. The van der Waals surface area contributed by atoms with Crippen molar-refractivity contribution in [1.29, 1.82) is 0 Å². The van der Waals surface area contributed by atoms with E-state index in [1.165, 1.54) is 11.3 Å². The highest BCUT2D eigenvalue weighted by Gasteiger charge is 2.12. The van der Waals surface area contributed by atoms with E-state index in [1.807, 2.05) is 54.8 Å². The lowest BCUT2D eigenvalue weighted by molar-refractivity contribution is 0.262. The highest BCUT2D eigenvalue weighted by molar-refractivity contribution is 9.10. The molecule has 2 aromatic heterocycles. The Morgan fingerprint density at radius 2 is 1.89 bits per heavy atom. The molecule has 0 radical (unpaired) electrons. The van der Waals surface area contributed by atoms with Gasteiger partial charge in [0.15, 0.2) is 0 Å². The van der Waals surface area contributed by atoms with Gasteiger partial charge < -0.3 is 15.2 Å². The second kappa shape index (κ2) is 7.95. The van der Waals surface area contributed by atoms with Gasteiger partial charge >= 0.3 is 6.03 Å². The largest absolute Gasteiger partial charge is 0.333 e. The molecule has 0 aliphatic rings. The van der Waals surface area contributed by atoms with Gasteiger partial charge in [0.25, 0.3) is 5.89 Å². The maximum absolute atomic E-state index is 12.3. The molecule has 0 spiro atoms. The lowest BCUT2D eigenvalue weighted by Gasteiger charge is -2.09. The number of aromatic nitrogens is 2. The molecule has 140 valence electrons. The third kappa shape index (κ3) is 4.13. The molecule has 0 atom stereocenters. The van der Waals surface area contributed by atoms with Crippen LogP contribution in [0.3, 0.4) is 0 Å². The van der Waals surface area contributed by atoms with E-state index in [-0.39, 0.29) is 6.03 Å². The average molecular weight is 455 g/mol. The Hall–Kier alpha value is -2.97. The van der Waals surface area contributed by atoms with Gasteiger partial charge in [-0.15, -0.1) is 11.3 Å². The number of amides is 2. The molecule has 0 saturated carbocycles. The van der Waals surface area contributed by atoms with Crippen LogP contribution in [0.1, 0.15) is 5.56 Å². The van der Waals surface area contributed by atoms with E-state index in [9.17, 15) is 4.79 Å². The molecular weight excluding hydrogens is 440 g/mol. The summed E-state index contributed by atoms with van der Waals surface area (Å²) < 4.78 is 6.32. The number of nitrogens with one attached hydrogen (secondary N) is 2. The summed E-state index contributed by atoms with van der Waals surface area (Å²) in [7, 11) is 0. The molecule has 2 N–H and O–H groups in total. The molecular formula is C20H15BrN4O2S. The highest BCUT2D eigenvalue weighted by atomic mass is 79.9. The molecule has 0 fully saturated rings. The van der Waals surface area contributed by atoms with Crippen LogP contribution in [0.15, 0.2) is 69.0 Å². The molecule has 4 aromatic rings. The van der Waals surface area contributed by atoms with Crippen molar-refractivity contribution < 1.29 is 9.32 Å². The standard InChI is InChI=1S/C20H15BrN4O2S/c1-12-10-15(7-8-16(12)21)23-20(26)22-14-5-2-4-13(11-14)18-24-19(27-25-18)17-6-3-9-28-17/h2-11H,1H3,(H2,22,23,26). The highest BCUT2D eigenvalue weighted by Crippen LogP contribution is 2.27. The van der Waals surface area contributed by atoms with Crippen LogP contribution in [0, 0.1) is 6.92 Å². The van der Waals surface area contributed by atoms with Crippen LogP contribution in [0.4, 0.5) is 16.2 Å². The maximum Gasteiger partial charge on any atom is 0.323 e. The van der Waals surface area contributed by atoms with Gasteiger partial charge in [-0.25, -0.2) is 4.79 Å². The van der Waals surface area contributed by atoms with Crippen LogP contribution in [-0.2, 0) is 0 Å². The van der Waals surface area contributed by atoms with Gasteiger partial charge in [0.1, 0.15) is 0 Å². The number of thiophene rings is 1. The van der Waals surface area contributed by atoms with Gasteiger partial charge in [-0.05, 0) is 54.3 Å². The second-order valence-electron chi connectivity index (χ2n) is 6.02. The van der Waals surface area contributed by atoms with Crippen LogP contribution in [0.2, 0.25) is 0 Å². The molecule has 0 unspecified atom stereocenters. The van der Waals surface area contributed by atoms with Crippen molar-refractivity contribution in [2.24, 2.45) is 0 Å². The minimum atomic E-state index is -0.328.